The number of aromatic nitrogens is 2. The van der Waals surface area contributed by atoms with Crippen molar-refractivity contribution in [2.75, 3.05) is 0 Å². The number of fused-ring (bicyclic) bond motifs is 1. The average molecular weight is 299 g/mol. The molecule has 0 aliphatic carbocycles. The summed E-state index contributed by atoms with van der Waals surface area (Å²) in [6, 6.07) is 9.04. The van der Waals surface area contributed by atoms with Crippen molar-refractivity contribution in [2.45, 2.75) is 13.5 Å². The Labute approximate surface area is 125 Å². The fraction of sp³-hybridized carbons (Fsp3) is 0.133. The number of pyridine rings is 1. The second kappa shape index (κ2) is 5.49. The molecule has 3 aromatic rings. The molecule has 0 saturated heterocycles. The molecule has 5 nitrogen and oxygen atoms in total. The Bertz CT molecular complexity index is 814. The first-order valence-corrected chi connectivity index (χ1v) is 7.25. The SMILES string of the molecule is Cc1nc(COc2cc(C(N)=O)nc3ccccc23)cs1. The van der Waals surface area contributed by atoms with E-state index in [9.17, 15) is 4.79 Å². The van der Waals surface area contributed by atoms with Crippen molar-refractivity contribution < 1.29 is 9.53 Å². The first-order chi connectivity index (χ1) is 10.1. The normalized spacial score (nSPS) is 10.7. The van der Waals surface area contributed by atoms with Crippen LogP contribution in [-0.4, -0.2) is 15.9 Å². The first-order valence-electron chi connectivity index (χ1n) is 6.37. The molecule has 0 atom stereocenters. The summed E-state index contributed by atoms with van der Waals surface area (Å²) in [7, 11) is 0. The lowest BCUT2D eigenvalue weighted by Gasteiger charge is -2.09. The molecule has 0 fully saturated rings. The van der Waals surface area contributed by atoms with Gasteiger partial charge >= 0.3 is 0 Å². The highest BCUT2D eigenvalue weighted by Crippen LogP contribution is 2.26. The van der Waals surface area contributed by atoms with E-state index in [1.807, 2.05) is 36.6 Å². The molecule has 1 amide bonds. The number of hydrogen-bond donors (Lipinski definition) is 1. The first kappa shape index (κ1) is 13.5. The molecule has 21 heavy (non-hydrogen) atoms. The summed E-state index contributed by atoms with van der Waals surface area (Å²) >= 11 is 1.57. The van der Waals surface area contributed by atoms with Gasteiger partial charge in [-0.05, 0) is 19.1 Å². The Hall–Kier alpha value is -2.47. The largest absolute Gasteiger partial charge is 0.486 e. The summed E-state index contributed by atoms with van der Waals surface area (Å²) in [4.78, 5) is 19.9. The van der Waals surface area contributed by atoms with Gasteiger partial charge in [-0.3, -0.25) is 4.79 Å². The molecule has 0 bridgehead atoms. The number of rotatable bonds is 4. The lowest BCUT2D eigenvalue weighted by Crippen LogP contribution is -2.13. The molecule has 1 aromatic carbocycles. The Morgan fingerprint density at radius 3 is 2.86 bits per heavy atom. The Balaban J connectivity index is 1.97. The quantitative estimate of drug-likeness (QED) is 0.803. The molecule has 3 rings (SSSR count). The predicted molar refractivity (Wildman–Crippen MR) is 81.4 cm³/mol. The maximum absolute atomic E-state index is 11.4. The number of para-hydroxylation sites is 1. The Kier molecular flexibility index (Phi) is 3.53. The highest BCUT2D eigenvalue weighted by atomic mass is 32.1. The zero-order valence-corrected chi connectivity index (χ0v) is 12.2. The third-order valence-electron chi connectivity index (χ3n) is 2.97. The van der Waals surface area contributed by atoms with Crippen LogP contribution in [0.2, 0.25) is 0 Å². The molecule has 2 N–H and O–H groups in total. The second-order valence-electron chi connectivity index (χ2n) is 4.53. The van der Waals surface area contributed by atoms with E-state index in [4.69, 9.17) is 10.5 Å². The molecule has 106 valence electrons. The molecule has 0 saturated carbocycles. The standard InChI is InChI=1S/C15H13N3O2S/c1-9-17-10(8-21-9)7-20-14-6-13(15(16)19)18-12-5-3-2-4-11(12)14/h2-6,8H,7H2,1H3,(H2,16,19). The van der Waals surface area contributed by atoms with E-state index in [2.05, 4.69) is 9.97 Å². The number of carbonyl (C=O) groups excluding carboxylic acids is 1. The van der Waals surface area contributed by atoms with Crippen LogP contribution in [0.3, 0.4) is 0 Å². The van der Waals surface area contributed by atoms with Crippen LogP contribution in [0.15, 0.2) is 35.7 Å². The van der Waals surface area contributed by atoms with Crippen molar-refractivity contribution in [2.24, 2.45) is 5.73 Å². The minimum Gasteiger partial charge on any atom is -0.486 e. The molecule has 6 heteroatoms. The van der Waals surface area contributed by atoms with Crippen LogP contribution < -0.4 is 10.5 Å². The van der Waals surface area contributed by atoms with Gasteiger partial charge in [0.25, 0.3) is 5.91 Å². The molecule has 0 spiro atoms. The van der Waals surface area contributed by atoms with Crippen molar-refractivity contribution in [1.29, 1.82) is 0 Å². The van der Waals surface area contributed by atoms with Gasteiger partial charge in [0.15, 0.2) is 0 Å². The van der Waals surface area contributed by atoms with E-state index in [1.54, 1.807) is 17.4 Å². The number of benzene rings is 1. The van der Waals surface area contributed by atoms with E-state index >= 15 is 0 Å². The molecule has 2 heterocycles. The summed E-state index contributed by atoms with van der Waals surface area (Å²) < 4.78 is 5.81. The number of primary amides is 1. The van der Waals surface area contributed by atoms with Crippen LogP contribution in [0.25, 0.3) is 10.9 Å². The monoisotopic (exact) mass is 299 g/mol. The molecule has 0 radical (unpaired) electrons. The van der Waals surface area contributed by atoms with Crippen molar-refractivity contribution >= 4 is 28.1 Å². The number of aryl methyl sites for hydroxylation is 1. The molecule has 0 aliphatic heterocycles. The van der Waals surface area contributed by atoms with E-state index < -0.39 is 5.91 Å². The van der Waals surface area contributed by atoms with E-state index in [1.165, 1.54) is 0 Å². The van der Waals surface area contributed by atoms with Crippen LogP contribution in [0, 0.1) is 6.92 Å². The minimum atomic E-state index is -0.574. The topological polar surface area (TPSA) is 78.1 Å². The lowest BCUT2D eigenvalue weighted by molar-refractivity contribution is 0.0995. The van der Waals surface area contributed by atoms with Crippen molar-refractivity contribution in [3.8, 4) is 5.75 Å². The van der Waals surface area contributed by atoms with Crippen LogP contribution in [0.5, 0.6) is 5.75 Å². The number of carbonyl (C=O) groups is 1. The lowest BCUT2D eigenvalue weighted by atomic mass is 10.2. The number of hydrogen-bond acceptors (Lipinski definition) is 5. The molecular weight excluding hydrogens is 286 g/mol. The third kappa shape index (κ3) is 2.85. The van der Waals surface area contributed by atoms with Crippen LogP contribution in [0.4, 0.5) is 0 Å². The number of thiazole rings is 1. The van der Waals surface area contributed by atoms with Gasteiger partial charge in [0.05, 0.1) is 16.2 Å². The summed E-state index contributed by atoms with van der Waals surface area (Å²) in [5, 5.41) is 3.79. The van der Waals surface area contributed by atoms with Crippen molar-refractivity contribution in [1.82, 2.24) is 9.97 Å². The van der Waals surface area contributed by atoms with Gasteiger partial charge in [-0.2, -0.15) is 0 Å². The highest BCUT2D eigenvalue weighted by Gasteiger charge is 2.11. The zero-order chi connectivity index (χ0) is 14.8. The number of nitrogens with two attached hydrogens (primary N) is 1. The molecule has 2 aromatic heterocycles. The highest BCUT2D eigenvalue weighted by molar-refractivity contribution is 7.09. The fourth-order valence-electron chi connectivity index (χ4n) is 2.02. The van der Waals surface area contributed by atoms with E-state index in [-0.39, 0.29) is 5.69 Å². The van der Waals surface area contributed by atoms with Gasteiger partial charge in [-0.1, -0.05) is 12.1 Å². The maximum Gasteiger partial charge on any atom is 0.267 e. The van der Waals surface area contributed by atoms with Gasteiger partial charge in [-0.25, -0.2) is 9.97 Å². The zero-order valence-electron chi connectivity index (χ0n) is 11.4. The number of amides is 1. The average Bonchev–Trinajstić information content (AvgIpc) is 2.90. The van der Waals surface area contributed by atoms with Gasteiger partial charge in [0.2, 0.25) is 0 Å². The Morgan fingerprint density at radius 1 is 1.33 bits per heavy atom. The number of ether oxygens (including phenoxy) is 1. The van der Waals surface area contributed by atoms with Crippen LogP contribution in [-0.2, 0) is 6.61 Å². The van der Waals surface area contributed by atoms with Crippen LogP contribution in [0.1, 0.15) is 21.2 Å². The van der Waals surface area contributed by atoms with Crippen molar-refractivity contribution in [3.05, 3.63) is 52.1 Å². The second-order valence-corrected chi connectivity index (χ2v) is 5.60. The van der Waals surface area contributed by atoms with Crippen LogP contribution >= 0.6 is 11.3 Å². The maximum atomic E-state index is 11.4. The number of nitrogens with zero attached hydrogens (tertiary/aromatic N) is 2. The Morgan fingerprint density at radius 2 is 2.14 bits per heavy atom. The summed E-state index contributed by atoms with van der Waals surface area (Å²) in [6.45, 7) is 2.29. The molecular formula is C15H13N3O2S. The summed E-state index contributed by atoms with van der Waals surface area (Å²) in [5.74, 6) is 0.00941. The fourth-order valence-corrected chi connectivity index (χ4v) is 2.61. The molecule has 0 aliphatic rings. The molecule has 0 unspecified atom stereocenters. The van der Waals surface area contributed by atoms with Gasteiger partial charge in [-0.15, -0.1) is 11.3 Å². The van der Waals surface area contributed by atoms with E-state index in [0.29, 0.717) is 17.9 Å². The van der Waals surface area contributed by atoms with E-state index in [0.717, 1.165) is 16.1 Å². The van der Waals surface area contributed by atoms with Crippen molar-refractivity contribution in [3.63, 3.8) is 0 Å². The third-order valence-corrected chi connectivity index (χ3v) is 3.80. The van der Waals surface area contributed by atoms with Gasteiger partial charge in [0, 0.05) is 16.8 Å². The van der Waals surface area contributed by atoms with Gasteiger partial charge < -0.3 is 10.5 Å². The van der Waals surface area contributed by atoms with Gasteiger partial charge in [0.1, 0.15) is 18.1 Å². The predicted octanol–water partition coefficient (Wildman–Crippen LogP) is 2.68. The summed E-state index contributed by atoms with van der Waals surface area (Å²) in [6.07, 6.45) is 0. The smallest absolute Gasteiger partial charge is 0.267 e. The summed E-state index contributed by atoms with van der Waals surface area (Å²) in [5.41, 5.74) is 7.05. The minimum absolute atomic E-state index is 0.193.